The lowest BCUT2D eigenvalue weighted by atomic mass is 9.95. The first-order valence-electron chi connectivity index (χ1n) is 10.5. The van der Waals surface area contributed by atoms with Gasteiger partial charge in [0.1, 0.15) is 11.6 Å². The van der Waals surface area contributed by atoms with Gasteiger partial charge in [-0.25, -0.2) is 13.2 Å². The van der Waals surface area contributed by atoms with Crippen molar-refractivity contribution in [3.63, 3.8) is 0 Å². The number of anilines is 2. The molecule has 0 unspecified atom stereocenters. The van der Waals surface area contributed by atoms with E-state index >= 15 is 0 Å². The summed E-state index contributed by atoms with van der Waals surface area (Å²) < 4.78 is 49.2. The Balaban J connectivity index is 2.09. The lowest BCUT2D eigenvalue weighted by molar-refractivity contribution is -0.123. The Kier molecular flexibility index (Phi) is 6.34. The highest BCUT2D eigenvalue weighted by Gasteiger charge is 2.26. The Bertz CT molecular complexity index is 1370. The zero-order valence-corrected chi connectivity index (χ0v) is 19.7. The van der Waals surface area contributed by atoms with Gasteiger partial charge in [0, 0.05) is 28.5 Å². The lowest BCUT2D eigenvalue weighted by Crippen LogP contribution is -2.28. The molecule has 34 heavy (non-hydrogen) atoms. The molecule has 180 valence electrons. The Morgan fingerprint density at radius 1 is 0.794 bits per heavy atom. The van der Waals surface area contributed by atoms with E-state index in [9.17, 15) is 27.6 Å². The topological polar surface area (TPSA) is 88.4 Å². The summed E-state index contributed by atoms with van der Waals surface area (Å²) in [5, 5.41) is 4.32. The number of hydrogen-bond donors (Lipinski definition) is 2. The van der Waals surface area contributed by atoms with Crippen molar-refractivity contribution in [1.82, 2.24) is 0 Å². The highest BCUT2D eigenvalue weighted by Crippen LogP contribution is 2.32. The molecule has 1 heterocycles. The van der Waals surface area contributed by atoms with Crippen molar-refractivity contribution in [3.05, 3.63) is 58.0 Å². The van der Waals surface area contributed by atoms with Gasteiger partial charge < -0.3 is 15.1 Å². The minimum Gasteiger partial charge on any atom is -0.453 e. The molecular formula is C25H25F3N2O4. The van der Waals surface area contributed by atoms with E-state index in [1.807, 2.05) is 0 Å². The van der Waals surface area contributed by atoms with Gasteiger partial charge in [0.25, 0.3) is 0 Å². The summed E-state index contributed by atoms with van der Waals surface area (Å²) >= 11 is 0. The van der Waals surface area contributed by atoms with E-state index in [-0.39, 0.29) is 17.0 Å². The summed E-state index contributed by atoms with van der Waals surface area (Å²) in [6.45, 7) is 9.80. The third-order valence-corrected chi connectivity index (χ3v) is 5.01. The van der Waals surface area contributed by atoms with Crippen LogP contribution in [0.3, 0.4) is 0 Å². The minimum atomic E-state index is -1.16. The highest BCUT2D eigenvalue weighted by molar-refractivity contribution is 6.03. The number of carbonyl (C=O) groups is 2. The second kappa shape index (κ2) is 8.62. The number of benzene rings is 2. The second-order valence-corrected chi connectivity index (χ2v) is 10.00. The van der Waals surface area contributed by atoms with Crippen LogP contribution in [0, 0.1) is 28.3 Å². The molecule has 0 saturated carbocycles. The van der Waals surface area contributed by atoms with Crippen LogP contribution in [0.4, 0.5) is 24.5 Å². The quantitative estimate of drug-likeness (QED) is 0.499. The molecule has 2 amide bonds. The van der Waals surface area contributed by atoms with Gasteiger partial charge in [0.05, 0.1) is 16.8 Å². The van der Waals surface area contributed by atoms with Crippen LogP contribution in [0.25, 0.3) is 22.3 Å². The average Bonchev–Trinajstić information content (AvgIpc) is 2.70. The second-order valence-electron chi connectivity index (χ2n) is 10.00. The fourth-order valence-corrected chi connectivity index (χ4v) is 2.91. The van der Waals surface area contributed by atoms with E-state index in [0.717, 1.165) is 12.1 Å². The van der Waals surface area contributed by atoms with Crippen molar-refractivity contribution >= 4 is 34.2 Å². The molecule has 3 aromatic rings. The summed E-state index contributed by atoms with van der Waals surface area (Å²) in [6, 6.07) is 5.14. The normalized spacial score (nSPS) is 12.0. The third-order valence-electron chi connectivity index (χ3n) is 5.01. The minimum absolute atomic E-state index is 0.0766. The van der Waals surface area contributed by atoms with Crippen LogP contribution in [0.1, 0.15) is 41.5 Å². The smallest absolute Gasteiger partial charge is 0.229 e. The molecule has 0 bridgehead atoms. The van der Waals surface area contributed by atoms with Gasteiger partial charge in [-0.2, -0.15) is 0 Å². The molecule has 0 aliphatic rings. The lowest BCUT2D eigenvalue weighted by Gasteiger charge is -2.19. The fraction of sp³-hybridized carbons (Fsp3) is 0.320. The molecule has 1 aromatic heterocycles. The molecule has 2 N–H and O–H groups in total. The van der Waals surface area contributed by atoms with Gasteiger partial charge in [-0.1, -0.05) is 41.5 Å². The number of halogens is 3. The van der Waals surface area contributed by atoms with Crippen molar-refractivity contribution in [3.8, 4) is 11.3 Å². The fourth-order valence-electron chi connectivity index (χ4n) is 2.91. The maximum absolute atomic E-state index is 14.6. The van der Waals surface area contributed by atoms with Gasteiger partial charge in [0.15, 0.2) is 22.6 Å². The molecule has 2 aromatic carbocycles. The number of hydrogen-bond acceptors (Lipinski definition) is 4. The molecule has 0 aliphatic heterocycles. The standard InChI is InChI=1S/C25H25F3N2O4/c1-24(2,3)22(32)29-16-8-7-12(9-13(16)26)18-11-17(31)19-20(30-23(33)25(4,5)6)14(27)10-15(28)21(19)34-18/h7-11H,1-6H3,(H,29,32)(H,30,33). The molecule has 0 saturated heterocycles. The van der Waals surface area contributed by atoms with Gasteiger partial charge >= 0.3 is 0 Å². The first-order chi connectivity index (χ1) is 15.6. The predicted molar refractivity (Wildman–Crippen MR) is 124 cm³/mol. The van der Waals surface area contributed by atoms with Crippen molar-refractivity contribution in [2.24, 2.45) is 10.8 Å². The third kappa shape index (κ3) is 4.98. The molecule has 0 aliphatic carbocycles. The van der Waals surface area contributed by atoms with Crippen molar-refractivity contribution in [2.45, 2.75) is 41.5 Å². The number of nitrogens with one attached hydrogen (secondary N) is 2. The summed E-state index contributed by atoms with van der Waals surface area (Å²) in [7, 11) is 0. The first-order valence-corrected chi connectivity index (χ1v) is 10.5. The average molecular weight is 474 g/mol. The molecule has 0 fully saturated rings. The molecule has 0 spiro atoms. The van der Waals surface area contributed by atoms with Crippen LogP contribution in [0.2, 0.25) is 0 Å². The van der Waals surface area contributed by atoms with Crippen LogP contribution >= 0.6 is 0 Å². The van der Waals surface area contributed by atoms with E-state index in [1.165, 1.54) is 12.1 Å². The summed E-state index contributed by atoms with van der Waals surface area (Å²) in [5.41, 5.74) is -3.55. The maximum atomic E-state index is 14.6. The molecular weight excluding hydrogens is 449 g/mol. The number of carbonyl (C=O) groups excluding carboxylic acids is 2. The summed E-state index contributed by atoms with van der Waals surface area (Å²) in [5.74, 6) is -4.25. The highest BCUT2D eigenvalue weighted by atomic mass is 19.1. The van der Waals surface area contributed by atoms with Gasteiger partial charge in [-0.3, -0.25) is 14.4 Å². The van der Waals surface area contributed by atoms with Crippen molar-refractivity contribution in [2.75, 3.05) is 10.6 Å². The monoisotopic (exact) mass is 474 g/mol. The van der Waals surface area contributed by atoms with Gasteiger partial charge in [-0.15, -0.1) is 0 Å². The Hall–Kier alpha value is -3.62. The number of amides is 2. The zero-order valence-electron chi connectivity index (χ0n) is 19.7. The molecule has 0 atom stereocenters. The van der Waals surface area contributed by atoms with Crippen LogP contribution in [0.5, 0.6) is 0 Å². The van der Waals surface area contributed by atoms with Gasteiger partial charge in [0.2, 0.25) is 11.8 Å². The Morgan fingerprint density at radius 2 is 1.38 bits per heavy atom. The largest absolute Gasteiger partial charge is 0.453 e. The van der Waals surface area contributed by atoms with Crippen LogP contribution < -0.4 is 16.1 Å². The summed E-state index contributed by atoms with van der Waals surface area (Å²) in [6.07, 6.45) is 0. The molecule has 3 rings (SSSR count). The Morgan fingerprint density at radius 3 is 1.94 bits per heavy atom. The molecule has 0 radical (unpaired) electrons. The summed E-state index contributed by atoms with van der Waals surface area (Å²) in [4.78, 5) is 37.3. The predicted octanol–water partition coefficient (Wildman–Crippen LogP) is 5.85. The molecule has 6 nitrogen and oxygen atoms in total. The number of fused-ring (bicyclic) bond motifs is 1. The number of rotatable bonds is 3. The zero-order chi connectivity index (χ0) is 25.6. The first kappa shape index (κ1) is 25.0. The van der Waals surface area contributed by atoms with Crippen LogP contribution in [-0.2, 0) is 9.59 Å². The van der Waals surface area contributed by atoms with E-state index < -0.39 is 62.2 Å². The van der Waals surface area contributed by atoms with Crippen LogP contribution in [0.15, 0.2) is 39.5 Å². The van der Waals surface area contributed by atoms with Crippen molar-refractivity contribution in [1.29, 1.82) is 0 Å². The van der Waals surface area contributed by atoms with E-state index in [2.05, 4.69) is 10.6 Å². The van der Waals surface area contributed by atoms with Crippen molar-refractivity contribution < 1.29 is 27.2 Å². The van der Waals surface area contributed by atoms with E-state index in [4.69, 9.17) is 4.42 Å². The SMILES string of the molecule is CC(C)(C)C(=O)Nc1ccc(-c2cc(=O)c3c(NC(=O)C(C)(C)C)c(F)cc(F)c3o2)cc1F. The Labute approximate surface area is 194 Å². The van der Waals surface area contributed by atoms with Gasteiger partial charge in [-0.05, 0) is 18.2 Å². The molecule has 9 heteroatoms. The van der Waals surface area contributed by atoms with E-state index in [0.29, 0.717) is 6.07 Å². The van der Waals surface area contributed by atoms with E-state index in [1.54, 1.807) is 41.5 Å². The van der Waals surface area contributed by atoms with Crippen LogP contribution in [-0.4, -0.2) is 11.8 Å². The maximum Gasteiger partial charge on any atom is 0.229 e.